The maximum Gasteiger partial charge on any atom is -0.0533 e. The largest absolute Gasteiger partial charge is 0.0654 e. The van der Waals surface area contributed by atoms with Crippen LogP contribution in [0.25, 0.3) is 0 Å². The molecule has 1 aliphatic carbocycles. The molecule has 0 aromatic heterocycles. The van der Waals surface area contributed by atoms with Crippen LogP contribution in [-0.2, 0) is 0 Å². The molecule has 0 radical (unpaired) electrons. The van der Waals surface area contributed by atoms with Crippen LogP contribution in [0.15, 0.2) is 0 Å². The van der Waals surface area contributed by atoms with Crippen molar-refractivity contribution in [3.63, 3.8) is 0 Å². The number of unbranched alkanes of at least 4 members (excludes halogenated alkanes) is 4. The first kappa shape index (κ1) is 14.0. The number of hydrogen-bond donors (Lipinski definition) is 0. The summed E-state index contributed by atoms with van der Waals surface area (Å²) in [6.07, 6.45) is 17.5. The van der Waals surface area contributed by atoms with Crippen LogP contribution in [0.1, 0.15) is 90.9 Å². The van der Waals surface area contributed by atoms with E-state index in [-0.39, 0.29) is 0 Å². The van der Waals surface area contributed by atoms with Crippen LogP contribution >= 0.6 is 0 Å². The van der Waals surface area contributed by atoms with E-state index in [1.165, 1.54) is 77.0 Å². The van der Waals surface area contributed by atoms with Gasteiger partial charge in [0.1, 0.15) is 0 Å². The fourth-order valence-electron chi connectivity index (χ4n) is 1.91. The Morgan fingerprint density at radius 3 is 1.00 bits per heavy atom. The molecule has 1 aliphatic rings. The van der Waals surface area contributed by atoms with Crippen LogP contribution in [0.4, 0.5) is 0 Å². The summed E-state index contributed by atoms with van der Waals surface area (Å²) >= 11 is 0. The summed E-state index contributed by atoms with van der Waals surface area (Å²) in [7, 11) is 0. The summed E-state index contributed by atoms with van der Waals surface area (Å²) in [6.45, 7) is 4.49. The third-order valence-corrected chi connectivity index (χ3v) is 2.96. The zero-order valence-electron chi connectivity index (χ0n) is 10.5. The van der Waals surface area contributed by atoms with Crippen LogP contribution < -0.4 is 0 Å². The van der Waals surface area contributed by atoms with E-state index in [1.807, 2.05) is 0 Å². The Kier molecular flexibility index (Phi) is 13.0. The molecule has 0 aromatic carbocycles. The van der Waals surface area contributed by atoms with Gasteiger partial charge in [-0.1, -0.05) is 90.9 Å². The molecular weight excluding hydrogens is 168 g/mol. The number of hydrogen-bond acceptors (Lipinski definition) is 0. The van der Waals surface area contributed by atoms with Crippen LogP contribution in [0.3, 0.4) is 0 Å². The molecule has 1 rings (SSSR count). The minimum atomic E-state index is 1.36. The summed E-state index contributed by atoms with van der Waals surface area (Å²) in [5.41, 5.74) is 0. The first-order valence-corrected chi connectivity index (χ1v) is 6.91. The molecule has 0 nitrogen and oxygen atoms in total. The van der Waals surface area contributed by atoms with Crippen molar-refractivity contribution in [2.75, 3.05) is 0 Å². The van der Waals surface area contributed by atoms with Crippen molar-refractivity contribution in [2.24, 2.45) is 0 Å². The lowest BCUT2D eigenvalue weighted by molar-refractivity contribution is 0.656. The second kappa shape index (κ2) is 13.0. The zero-order valence-corrected chi connectivity index (χ0v) is 10.5. The number of rotatable bonds is 4. The van der Waals surface area contributed by atoms with Crippen molar-refractivity contribution in [3.05, 3.63) is 0 Å². The SMILES string of the molecule is C1CCCCCC1.CCCCCCC. The molecule has 0 spiro atoms. The summed E-state index contributed by atoms with van der Waals surface area (Å²) in [4.78, 5) is 0. The Morgan fingerprint density at radius 1 is 0.500 bits per heavy atom. The zero-order chi connectivity index (χ0) is 10.5. The van der Waals surface area contributed by atoms with Crippen LogP contribution in [0.2, 0.25) is 0 Å². The molecule has 1 saturated carbocycles. The van der Waals surface area contributed by atoms with Crippen molar-refractivity contribution in [1.29, 1.82) is 0 Å². The Labute approximate surface area is 91.5 Å². The monoisotopic (exact) mass is 198 g/mol. The van der Waals surface area contributed by atoms with Gasteiger partial charge in [0, 0.05) is 0 Å². The lowest BCUT2D eigenvalue weighted by Gasteiger charge is -1.90. The van der Waals surface area contributed by atoms with E-state index < -0.39 is 0 Å². The molecule has 0 saturated heterocycles. The van der Waals surface area contributed by atoms with Crippen molar-refractivity contribution < 1.29 is 0 Å². The first-order valence-electron chi connectivity index (χ1n) is 6.91. The summed E-state index contributed by atoms with van der Waals surface area (Å²) in [5.74, 6) is 0. The van der Waals surface area contributed by atoms with E-state index in [2.05, 4.69) is 13.8 Å². The molecule has 0 N–H and O–H groups in total. The van der Waals surface area contributed by atoms with Gasteiger partial charge < -0.3 is 0 Å². The van der Waals surface area contributed by atoms with Gasteiger partial charge in [0.25, 0.3) is 0 Å². The lowest BCUT2D eigenvalue weighted by atomic mass is 10.2. The maximum atomic E-state index is 2.25. The maximum absolute atomic E-state index is 2.25. The minimum Gasteiger partial charge on any atom is -0.0654 e. The molecule has 0 heterocycles. The highest BCUT2D eigenvalue weighted by Gasteiger charge is 1.95. The molecule has 0 amide bonds. The minimum absolute atomic E-state index is 1.36. The van der Waals surface area contributed by atoms with Crippen molar-refractivity contribution in [1.82, 2.24) is 0 Å². The van der Waals surface area contributed by atoms with Crippen molar-refractivity contribution in [2.45, 2.75) is 90.9 Å². The van der Waals surface area contributed by atoms with Gasteiger partial charge in [-0.3, -0.25) is 0 Å². The molecule has 86 valence electrons. The van der Waals surface area contributed by atoms with E-state index in [4.69, 9.17) is 0 Å². The molecule has 0 heteroatoms. The molecule has 0 bridgehead atoms. The van der Waals surface area contributed by atoms with Crippen LogP contribution in [-0.4, -0.2) is 0 Å². The van der Waals surface area contributed by atoms with Gasteiger partial charge in [0.2, 0.25) is 0 Å². The third kappa shape index (κ3) is 12.0. The topological polar surface area (TPSA) is 0 Å². The van der Waals surface area contributed by atoms with Gasteiger partial charge in [-0.25, -0.2) is 0 Å². The van der Waals surface area contributed by atoms with Gasteiger partial charge in [0.15, 0.2) is 0 Å². The second-order valence-corrected chi connectivity index (χ2v) is 4.54. The fraction of sp³-hybridized carbons (Fsp3) is 1.00. The van der Waals surface area contributed by atoms with Gasteiger partial charge in [0.05, 0.1) is 0 Å². The van der Waals surface area contributed by atoms with E-state index in [0.29, 0.717) is 0 Å². The van der Waals surface area contributed by atoms with E-state index in [1.54, 1.807) is 0 Å². The first-order chi connectivity index (χ1) is 6.91. The standard InChI is InChI=1S/C7H14.C7H16/c1-2-4-6-7-5-3-1;1-3-5-7-6-4-2/h1-7H2;3-7H2,1-2H3. The predicted octanol–water partition coefficient (Wildman–Crippen LogP) is 5.71. The molecule has 0 aromatic rings. The van der Waals surface area contributed by atoms with E-state index >= 15 is 0 Å². The molecule has 1 fully saturated rings. The van der Waals surface area contributed by atoms with E-state index in [9.17, 15) is 0 Å². The highest BCUT2D eigenvalue weighted by Crippen LogP contribution is 2.15. The highest BCUT2D eigenvalue weighted by molar-refractivity contribution is 4.51. The van der Waals surface area contributed by atoms with Crippen molar-refractivity contribution >= 4 is 0 Å². The normalized spacial score (nSPS) is 16.7. The summed E-state index contributed by atoms with van der Waals surface area (Å²) < 4.78 is 0. The van der Waals surface area contributed by atoms with Crippen LogP contribution in [0, 0.1) is 0 Å². The molecule has 0 aliphatic heterocycles. The third-order valence-electron chi connectivity index (χ3n) is 2.96. The Hall–Kier alpha value is 0. The Morgan fingerprint density at radius 2 is 0.786 bits per heavy atom. The quantitative estimate of drug-likeness (QED) is 0.401. The molecule has 0 unspecified atom stereocenters. The molecule has 14 heavy (non-hydrogen) atoms. The summed E-state index contributed by atoms with van der Waals surface area (Å²) in [5, 5.41) is 0. The average molecular weight is 198 g/mol. The smallest absolute Gasteiger partial charge is 0.0533 e. The second-order valence-electron chi connectivity index (χ2n) is 4.54. The molecule has 0 atom stereocenters. The highest BCUT2D eigenvalue weighted by atomic mass is 14.0. The Bertz CT molecular complexity index is 62.4. The van der Waals surface area contributed by atoms with Gasteiger partial charge in [-0.05, 0) is 0 Å². The van der Waals surface area contributed by atoms with Gasteiger partial charge >= 0.3 is 0 Å². The molecular formula is C14H30. The fourth-order valence-corrected chi connectivity index (χ4v) is 1.91. The average Bonchev–Trinajstić information content (AvgIpc) is 2.51. The van der Waals surface area contributed by atoms with Gasteiger partial charge in [-0.2, -0.15) is 0 Å². The van der Waals surface area contributed by atoms with Gasteiger partial charge in [-0.15, -0.1) is 0 Å². The summed E-state index contributed by atoms with van der Waals surface area (Å²) in [6, 6.07) is 0. The predicted molar refractivity (Wildman–Crippen MR) is 66.8 cm³/mol. The Balaban J connectivity index is 0.000000241. The van der Waals surface area contributed by atoms with E-state index in [0.717, 1.165) is 0 Å². The van der Waals surface area contributed by atoms with Crippen LogP contribution in [0.5, 0.6) is 0 Å². The lowest BCUT2D eigenvalue weighted by Crippen LogP contribution is -1.70. The van der Waals surface area contributed by atoms with Crippen molar-refractivity contribution in [3.8, 4) is 0 Å².